The topological polar surface area (TPSA) is 55.4 Å². The molecule has 0 spiro atoms. The van der Waals surface area contributed by atoms with Crippen molar-refractivity contribution in [2.75, 3.05) is 13.2 Å². The number of hydrogen-bond donors (Lipinski definition) is 0. The quantitative estimate of drug-likeness (QED) is 0.0763. The predicted molar refractivity (Wildman–Crippen MR) is 238 cm³/mol. The first-order valence-corrected chi connectivity index (χ1v) is 32.6. The van der Waals surface area contributed by atoms with Crippen molar-refractivity contribution in [3.8, 4) is 0 Å². The van der Waals surface area contributed by atoms with Gasteiger partial charge in [0.15, 0.2) is 0 Å². The third-order valence-electron chi connectivity index (χ3n) is 10.0. The zero-order chi connectivity index (χ0) is 38.8. The maximum absolute atomic E-state index is 7.08. The van der Waals surface area contributed by atoms with Crippen LogP contribution in [0.2, 0.25) is 38.3 Å². The Balaban J connectivity index is 1.29. The molecule has 5 rings (SSSR count). The molecule has 0 unspecified atom stereocenters. The second-order valence-electron chi connectivity index (χ2n) is 14.4. The Labute approximate surface area is 330 Å². The molecule has 6 nitrogen and oxygen atoms in total. The van der Waals surface area contributed by atoms with Gasteiger partial charge in [0.2, 0.25) is 0 Å². The Morgan fingerprint density at radius 2 is 0.722 bits per heavy atom. The van der Waals surface area contributed by atoms with Gasteiger partial charge in [-0.1, -0.05) is 144 Å². The highest BCUT2D eigenvalue weighted by Crippen LogP contribution is 2.36. The first kappa shape index (κ1) is 42.1. The van der Waals surface area contributed by atoms with Crippen LogP contribution in [0.1, 0.15) is 12.8 Å². The van der Waals surface area contributed by atoms with Crippen LogP contribution in [0, 0.1) is 0 Å². The van der Waals surface area contributed by atoms with Gasteiger partial charge in [0.05, 0.1) is 0 Å². The van der Waals surface area contributed by atoms with E-state index in [1.807, 2.05) is 47.1 Å². The Morgan fingerprint density at radius 1 is 0.463 bits per heavy atom. The van der Waals surface area contributed by atoms with Crippen molar-refractivity contribution >= 4 is 71.6 Å². The zero-order valence-electron chi connectivity index (χ0n) is 32.4. The van der Waals surface area contributed by atoms with E-state index in [4.69, 9.17) is 25.3 Å². The molecule has 0 atom stereocenters. The van der Waals surface area contributed by atoms with E-state index in [0.29, 0.717) is 25.3 Å². The molecule has 284 valence electrons. The fourth-order valence-corrected chi connectivity index (χ4v) is 34.0. The van der Waals surface area contributed by atoms with E-state index in [9.17, 15) is 0 Å². The maximum atomic E-state index is 7.08. The average Bonchev–Trinajstić information content (AvgIpc) is 3.19. The zero-order valence-corrected chi connectivity index (χ0v) is 38.4. The van der Waals surface area contributed by atoms with Crippen molar-refractivity contribution < 1.29 is 25.3 Å². The fourth-order valence-electron chi connectivity index (χ4n) is 7.42. The summed E-state index contributed by atoms with van der Waals surface area (Å²) in [5, 5.41) is 4.67. The summed E-state index contributed by atoms with van der Waals surface area (Å²) in [6.45, 7) is 26.4. The summed E-state index contributed by atoms with van der Waals surface area (Å²) in [7, 11) is -17.0. The van der Waals surface area contributed by atoms with Gasteiger partial charge in [0.25, 0.3) is 16.6 Å². The van der Waals surface area contributed by atoms with Gasteiger partial charge >= 0.3 is 34.2 Å². The minimum atomic E-state index is -2.93. The van der Waals surface area contributed by atoms with Gasteiger partial charge in [-0.05, 0) is 71.9 Å². The van der Waals surface area contributed by atoms with E-state index in [-0.39, 0.29) is 0 Å². The summed E-state index contributed by atoms with van der Waals surface area (Å²) in [4.78, 5) is 0. The summed E-state index contributed by atoms with van der Waals surface area (Å²) in [6.07, 6.45) is 1.50. The molecule has 4 aromatic rings. The molecule has 1 saturated heterocycles. The molecule has 1 heterocycles. The van der Waals surface area contributed by atoms with Crippen molar-refractivity contribution in [2.24, 2.45) is 0 Å². The lowest BCUT2D eigenvalue weighted by molar-refractivity contribution is 0.229. The molecule has 12 heteroatoms. The van der Waals surface area contributed by atoms with E-state index in [1.165, 1.54) is 20.7 Å². The lowest BCUT2D eigenvalue weighted by Gasteiger charge is -2.48. The van der Waals surface area contributed by atoms with Gasteiger partial charge in [0, 0.05) is 13.2 Å². The van der Waals surface area contributed by atoms with Crippen LogP contribution in [-0.2, 0) is 25.3 Å². The van der Waals surface area contributed by atoms with E-state index >= 15 is 0 Å². The molecule has 0 bridgehead atoms. The standard InChI is InChI=1S/C42H56O6Si6/c1-9-49(5)45-51(7,37-25-35-43-53(11-3,39-27-17-13-18-28-39)40-29-19-14-20-30-40)47-50(6,10-2)48-52(8,46-49)38-26-36-44-54(12-4,41-31-21-15-22-32-41)42-33-23-16-24-34-42/h9-24,27-34H,1-4,25-26,35-38H2,5-8H3. The van der Waals surface area contributed by atoms with E-state index < -0.39 is 50.9 Å². The smallest absolute Gasteiger partial charge is 0.343 e. The molecule has 0 saturated carbocycles. The van der Waals surface area contributed by atoms with Crippen molar-refractivity contribution in [1.82, 2.24) is 0 Å². The van der Waals surface area contributed by atoms with Crippen LogP contribution in [-0.4, -0.2) is 64.1 Å². The van der Waals surface area contributed by atoms with E-state index in [2.05, 4.69) is 150 Å². The first-order valence-electron chi connectivity index (χ1n) is 18.8. The van der Waals surface area contributed by atoms with Gasteiger partial charge < -0.3 is 25.3 Å². The first-order chi connectivity index (χ1) is 25.9. The largest absolute Gasteiger partial charge is 0.413 e. The second kappa shape index (κ2) is 18.2. The maximum Gasteiger partial charge on any atom is 0.343 e. The Bertz CT molecular complexity index is 1600. The Morgan fingerprint density at radius 3 is 0.944 bits per heavy atom. The molecule has 54 heavy (non-hydrogen) atoms. The highest BCUT2D eigenvalue weighted by Gasteiger charge is 2.55. The number of rotatable bonds is 18. The minimum absolute atomic E-state index is 0.533. The molecule has 4 aromatic carbocycles. The van der Waals surface area contributed by atoms with E-state index in [1.54, 1.807) is 0 Å². The minimum Gasteiger partial charge on any atom is -0.413 e. The van der Waals surface area contributed by atoms with Crippen LogP contribution >= 0.6 is 0 Å². The monoisotopic (exact) mass is 824 g/mol. The number of benzene rings is 4. The number of hydrogen-bond acceptors (Lipinski definition) is 6. The van der Waals surface area contributed by atoms with Crippen molar-refractivity contribution in [2.45, 2.75) is 51.1 Å². The van der Waals surface area contributed by atoms with Crippen molar-refractivity contribution in [1.29, 1.82) is 0 Å². The fraction of sp³-hybridized carbons (Fsp3) is 0.238. The summed E-state index contributed by atoms with van der Waals surface area (Å²) in [5.74, 6) is 0. The van der Waals surface area contributed by atoms with Gasteiger partial charge in [-0.25, -0.2) is 0 Å². The molecular formula is C42H56O6Si6. The molecule has 0 aromatic heterocycles. The van der Waals surface area contributed by atoms with E-state index in [0.717, 1.165) is 12.8 Å². The van der Waals surface area contributed by atoms with Gasteiger partial charge in [0.1, 0.15) is 0 Å². The molecule has 0 radical (unpaired) electrons. The molecule has 1 aliphatic rings. The third kappa shape index (κ3) is 9.82. The van der Waals surface area contributed by atoms with Crippen LogP contribution in [0.3, 0.4) is 0 Å². The Hall–Kier alpha value is -3.10. The highest BCUT2D eigenvalue weighted by atomic mass is 28.5. The molecule has 1 aliphatic heterocycles. The predicted octanol–water partition coefficient (Wildman–Crippen LogP) is 7.59. The average molecular weight is 825 g/mol. The lowest BCUT2D eigenvalue weighted by Crippen LogP contribution is -2.66. The lowest BCUT2D eigenvalue weighted by atomic mass is 10.4. The van der Waals surface area contributed by atoms with Gasteiger partial charge in [-0.3, -0.25) is 0 Å². The van der Waals surface area contributed by atoms with Crippen molar-refractivity contribution in [3.05, 3.63) is 170 Å². The van der Waals surface area contributed by atoms with Gasteiger partial charge in [-0.15, -0.1) is 26.3 Å². The summed E-state index contributed by atoms with van der Waals surface area (Å²) < 4.78 is 42.2. The van der Waals surface area contributed by atoms with Crippen LogP contribution in [0.4, 0.5) is 0 Å². The molecule has 0 amide bonds. The summed E-state index contributed by atoms with van der Waals surface area (Å²) >= 11 is 0. The SMILES string of the molecule is C=C[Si]1(C)O[Si](C)(CCCO[Si](C=C)(c2ccccc2)c2ccccc2)O[Si](C)(C=C)O[Si](C)(CCCO[Si](C=C)(c2ccccc2)c2ccccc2)O1. The van der Waals surface area contributed by atoms with Crippen LogP contribution in [0.5, 0.6) is 0 Å². The second-order valence-corrected chi connectivity index (χ2v) is 34.7. The molecule has 0 N–H and O–H groups in total. The van der Waals surface area contributed by atoms with Crippen LogP contribution in [0.15, 0.2) is 170 Å². The molecule has 1 fully saturated rings. The van der Waals surface area contributed by atoms with Crippen LogP contribution in [0.25, 0.3) is 0 Å². The van der Waals surface area contributed by atoms with Crippen molar-refractivity contribution in [3.63, 3.8) is 0 Å². The van der Waals surface area contributed by atoms with Crippen LogP contribution < -0.4 is 20.7 Å². The molecule has 0 aliphatic carbocycles. The highest BCUT2D eigenvalue weighted by molar-refractivity contribution is 7.02. The summed E-state index contributed by atoms with van der Waals surface area (Å²) in [6, 6.07) is 43.2. The van der Waals surface area contributed by atoms with Gasteiger partial charge in [-0.2, -0.15) is 0 Å². The molecular weight excluding hydrogens is 769 g/mol. The normalized spacial score (nSPS) is 24.8. The summed E-state index contributed by atoms with van der Waals surface area (Å²) in [5.41, 5.74) is 7.82. The Kier molecular flexibility index (Phi) is 14.2. The third-order valence-corrected chi connectivity index (χ3v) is 34.6.